The molecule has 0 radical (unpaired) electrons. The van der Waals surface area contributed by atoms with Crippen molar-refractivity contribution < 1.29 is 24.2 Å². The summed E-state index contributed by atoms with van der Waals surface area (Å²) in [4.78, 5) is 24.5. The van der Waals surface area contributed by atoms with E-state index in [-0.39, 0.29) is 10.6 Å². The fourth-order valence-electron chi connectivity index (χ4n) is 2.61. The van der Waals surface area contributed by atoms with E-state index >= 15 is 0 Å². The van der Waals surface area contributed by atoms with Crippen LogP contribution < -0.4 is 14.8 Å². The number of carbonyl (C=O) groups is 2. The third-order valence-electron chi connectivity index (χ3n) is 3.93. The minimum atomic E-state index is -1.10. The Morgan fingerprint density at radius 2 is 1.63 bits per heavy atom. The molecule has 0 spiro atoms. The molecule has 1 heterocycles. The van der Waals surface area contributed by atoms with Gasteiger partial charge in [0.1, 0.15) is 22.1 Å². The molecule has 3 rings (SSSR count). The molecule has 0 bridgehead atoms. The van der Waals surface area contributed by atoms with Crippen LogP contribution in [0, 0.1) is 0 Å². The lowest BCUT2D eigenvalue weighted by Gasteiger charge is -2.09. The van der Waals surface area contributed by atoms with Gasteiger partial charge in [0.15, 0.2) is 0 Å². The zero-order valence-corrected chi connectivity index (χ0v) is 15.5. The Hall–Kier alpha value is -3.32. The number of amides is 1. The van der Waals surface area contributed by atoms with E-state index in [1.165, 1.54) is 25.6 Å². The highest BCUT2D eigenvalue weighted by Crippen LogP contribution is 2.36. The van der Waals surface area contributed by atoms with E-state index in [1.54, 1.807) is 23.6 Å². The smallest absolute Gasteiger partial charge is 0.339 e. The SMILES string of the molecule is COc1cc(OC)cc(C(=O)Nc2scc(-c3ccccc3)c2C(=O)O)c1. The lowest BCUT2D eigenvalue weighted by molar-refractivity contribution is 0.0699. The summed E-state index contributed by atoms with van der Waals surface area (Å²) in [5, 5.41) is 14.3. The molecule has 1 amide bonds. The fraction of sp³-hybridized carbons (Fsp3) is 0.100. The predicted octanol–water partition coefficient (Wildman–Crippen LogP) is 4.38. The number of anilines is 1. The first-order valence-electron chi connectivity index (χ1n) is 7.98. The Labute approximate surface area is 160 Å². The standard InChI is InChI=1S/C20H17NO5S/c1-25-14-8-13(9-15(10-14)26-2)18(22)21-19-17(20(23)24)16(11-27-19)12-6-4-3-5-7-12/h3-11H,1-2H3,(H,21,22)(H,23,24). The third-order valence-corrected chi connectivity index (χ3v) is 4.83. The Bertz CT molecular complexity index is 959. The van der Waals surface area contributed by atoms with Crippen LogP contribution in [0.15, 0.2) is 53.9 Å². The van der Waals surface area contributed by atoms with Crippen molar-refractivity contribution in [2.24, 2.45) is 0 Å². The van der Waals surface area contributed by atoms with Gasteiger partial charge < -0.3 is 19.9 Å². The summed E-state index contributed by atoms with van der Waals surface area (Å²) in [5.74, 6) is -0.618. The molecule has 6 nitrogen and oxygen atoms in total. The minimum absolute atomic E-state index is 0.0643. The van der Waals surface area contributed by atoms with Crippen molar-refractivity contribution in [3.63, 3.8) is 0 Å². The first-order valence-corrected chi connectivity index (χ1v) is 8.86. The van der Waals surface area contributed by atoms with Gasteiger partial charge in [0.25, 0.3) is 5.91 Å². The van der Waals surface area contributed by atoms with Gasteiger partial charge in [0, 0.05) is 22.6 Å². The maximum absolute atomic E-state index is 12.7. The van der Waals surface area contributed by atoms with Crippen molar-refractivity contribution in [3.8, 4) is 22.6 Å². The first-order chi connectivity index (χ1) is 13.0. The van der Waals surface area contributed by atoms with Gasteiger partial charge in [-0.05, 0) is 17.7 Å². The van der Waals surface area contributed by atoms with Gasteiger partial charge in [-0.1, -0.05) is 30.3 Å². The van der Waals surface area contributed by atoms with Crippen LogP contribution >= 0.6 is 11.3 Å². The molecule has 0 fully saturated rings. The molecule has 1 aromatic heterocycles. The summed E-state index contributed by atoms with van der Waals surface area (Å²) in [6.45, 7) is 0. The number of thiophene rings is 1. The van der Waals surface area contributed by atoms with Crippen molar-refractivity contribution in [3.05, 3.63) is 65.0 Å². The van der Waals surface area contributed by atoms with E-state index in [4.69, 9.17) is 9.47 Å². The van der Waals surface area contributed by atoms with Crippen LogP contribution in [-0.2, 0) is 0 Å². The molecule has 2 N–H and O–H groups in total. The van der Waals surface area contributed by atoms with Crippen molar-refractivity contribution in [2.45, 2.75) is 0 Å². The molecule has 0 aliphatic carbocycles. The molecule has 2 aromatic carbocycles. The molecule has 27 heavy (non-hydrogen) atoms. The van der Waals surface area contributed by atoms with Crippen LogP contribution in [0.2, 0.25) is 0 Å². The highest BCUT2D eigenvalue weighted by atomic mass is 32.1. The maximum Gasteiger partial charge on any atom is 0.339 e. The Morgan fingerprint density at radius 1 is 1.00 bits per heavy atom. The summed E-state index contributed by atoms with van der Waals surface area (Å²) in [7, 11) is 2.98. The van der Waals surface area contributed by atoms with Crippen molar-refractivity contribution in [1.82, 2.24) is 0 Å². The Balaban J connectivity index is 1.95. The third kappa shape index (κ3) is 3.93. The molecule has 0 saturated carbocycles. The van der Waals surface area contributed by atoms with E-state index in [0.717, 1.165) is 5.56 Å². The Kier molecular flexibility index (Phi) is 5.42. The Morgan fingerprint density at radius 3 is 2.19 bits per heavy atom. The molecule has 0 aliphatic rings. The average molecular weight is 383 g/mol. The second-order valence-corrected chi connectivity index (χ2v) is 6.46. The highest BCUT2D eigenvalue weighted by Gasteiger charge is 2.22. The molecular weight excluding hydrogens is 366 g/mol. The van der Waals surface area contributed by atoms with Crippen molar-refractivity contribution in [1.29, 1.82) is 0 Å². The molecule has 0 unspecified atom stereocenters. The van der Waals surface area contributed by atoms with E-state index in [9.17, 15) is 14.7 Å². The topological polar surface area (TPSA) is 84.9 Å². The largest absolute Gasteiger partial charge is 0.497 e. The molecule has 3 aromatic rings. The maximum atomic E-state index is 12.7. The molecule has 138 valence electrons. The number of ether oxygens (including phenoxy) is 2. The number of benzene rings is 2. The number of carbonyl (C=O) groups excluding carboxylic acids is 1. The van der Waals surface area contributed by atoms with Crippen LogP contribution in [-0.4, -0.2) is 31.2 Å². The molecule has 0 atom stereocenters. The lowest BCUT2D eigenvalue weighted by Crippen LogP contribution is -2.14. The van der Waals surface area contributed by atoms with Gasteiger partial charge in [-0.25, -0.2) is 4.79 Å². The second-order valence-electron chi connectivity index (χ2n) is 5.58. The number of methoxy groups -OCH3 is 2. The number of carboxylic acids is 1. The number of nitrogens with one attached hydrogen (secondary N) is 1. The van der Waals surface area contributed by atoms with Crippen LogP contribution in [0.4, 0.5) is 5.00 Å². The first kappa shape index (κ1) is 18.5. The van der Waals surface area contributed by atoms with E-state index < -0.39 is 11.9 Å². The van der Waals surface area contributed by atoms with Crippen LogP contribution in [0.5, 0.6) is 11.5 Å². The molecule has 7 heteroatoms. The summed E-state index contributed by atoms with van der Waals surface area (Å²) in [5.41, 5.74) is 1.70. The summed E-state index contributed by atoms with van der Waals surface area (Å²) in [6.07, 6.45) is 0. The number of hydrogen-bond acceptors (Lipinski definition) is 5. The minimum Gasteiger partial charge on any atom is -0.497 e. The quantitative estimate of drug-likeness (QED) is 0.660. The van der Waals surface area contributed by atoms with E-state index in [2.05, 4.69) is 5.32 Å². The predicted molar refractivity (Wildman–Crippen MR) is 104 cm³/mol. The van der Waals surface area contributed by atoms with Crippen LogP contribution in [0.25, 0.3) is 11.1 Å². The number of carboxylic acid groups (broad SMARTS) is 1. The number of rotatable bonds is 6. The number of hydrogen-bond donors (Lipinski definition) is 2. The van der Waals surface area contributed by atoms with E-state index in [1.807, 2.05) is 30.3 Å². The average Bonchev–Trinajstić information content (AvgIpc) is 3.12. The van der Waals surface area contributed by atoms with Crippen LogP contribution in [0.1, 0.15) is 20.7 Å². The zero-order valence-electron chi connectivity index (χ0n) is 14.7. The van der Waals surface area contributed by atoms with Gasteiger partial charge in [-0.3, -0.25) is 4.79 Å². The second kappa shape index (κ2) is 7.92. The monoisotopic (exact) mass is 383 g/mol. The molecule has 0 aliphatic heterocycles. The van der Waals surface area contributed by atoms with Crippen molar-refractivity contribution >= 4 is 28.2 Å². The van der Waals surface area contributed by atoms with Crippen molar-refractivity contribution in [2.75, 3.05) is 19.5 Å². The zero-order chi connectivity index (χ0) is 19.4. The summed E-state index contributed by atoms with van der Waals surface area (Å²) in [6, 6.07) is 13.9. The molecular formula is C20H17NO5S. The lowest BCUT2D eigenvalue weighted by atomic mass is 10.0. The molecule has 0 saturated heterocycles. The van der Waals surface area contributed by atoms with Crippen LogP contribution in [0.3, 0.4) is 0 Å². The summed E-state index contributed by atoms with van der Waals surface area (Å²) >= 11 is 1.17. The fourth-order valence-corrected chi connectivity index (χ4v) is 3.56. The summed E-state index contributed by atoms with van der Waals surface area (Å²) < 4.78 is 10.3. The number of aromatic carboxylic acids is 1. The van der Waals surface area contributed by atoms with Gasteiger partial charge in [-0.15, -0.1) is 11.3 Å². The van der Waals surface area contributed by atoms with Gasteiger partial charge in [0.2, 0.25) is 0 Å². The van der Waals surface area contributed by atoms with E-state index in [0.29, 0.717) is 22.6 Å². The van der Waals surface area contributed by atoms with Gasteiger partial charge >= 0.3 is 5.97 Å². The normalized spacial score (nSPS) is 10.3. The highest BCUT2D eigenvalue weighted by molar-refractivity contribution is 7.15. The van der Waals surface area contributed by atoms with Gasteiger partial charge in [0.05, 0.1) is 14.2 Å². The van der Waals surface area contributed by atoms with Gasteiger partial charge in [-0.2, -0.15) is 0 Å².